The summed E-state index contributed by atoms with van der Waals surface area (Å²) in [6, 6.07) is 10.8. The molecule has 0 amide bonds. The summed E-state index contributed by atoms with van der Waals surface area (Å²) in [6.45, 7) is 0.802. The van der Waals surface area contributed by atoms with E-state index in [-0.39, 0.29) is 5.82 Å². The molecule has 0 aliphatic heterocycles. The van der Waals surface area contributed by atoms with Gasteiger partial charge in [0.25, 0.3) is 0 Å². The van der Waals surface area contributed by atoms with E-state index >= 15 is 0 Å². The van der Waals surface area contributed by atoms with Crippen molar-refractivity contribution < 1.29 is 9.13 Å². The molecule has 5 heterocycles. The molecule has 0 bridgehead atoms. The monoisotopic (exact) mass is 493 g/mol. The Morgan fingerprint density at radius 2 is 1.70 bits per heavy atom. The molecular formula is C28H24FN7O. The third-order valence-corrected chi connectivity index (χ3v) is 6.26. The van der Waals surface area contributed by atoms with Gasteiger partial charge in [-0.05, 0) is 55.6 Å². The predicted octanol–water partition coefficient (Wildman–Crippen LogP) is 5.44. The molecule has 0 spiro atoms. The van der Waals surface area contributed by atoms with Crippen LogP contribution >= 0.6 is 0 Å². The molecule has 0 atom stereocenters. The highest BCUT2D eigenvalue weighted by atomic mass is 19.1. The van der Waals surface area contributed by atoms with Gasteiger partial charge in [0.05, 0.1) is 24.5 Å². The Morgan fingerprint density at radius 3 is 2.54 bits per heavy atom. The predicted molar refractivity (Wildman–Crippen MR) is 142 cm³/mol. The topological polar surface area (TPSA) is 95.6 Å². The molecule has 8 nitrogen and oxygen atoms in total. The van der Waals surface area contributed by atoms with Crippen LogP contribution < -0.4 is 4.74 Å². The van der Waals surface area contributed by atoms with Crippen LogP contribution in [0.1, 0.15) is 5.56 Å². The van der Waals surface area contributed by atoms with Crippen molar-refractivity contribution >= 4 is 21.9 Å². The number of aromatic amines is 2. The number of H-pyrrole nitrogens is 2. The van der Waals surface area contributed by atoms with Crippen molar-refractivity contribution in [2.24, 2.45) is 0 Å². The molecule has 6 aromatic rings. The number of methoxy groups -OCH3 is 1. The minimum absolute atomic E-state index is 0.372. The largest absolute Gasteiger partial charge is 0.497 e. The second-order valence-electron chi connectivity index (χ2n) is 9.22. The van der Waals surface area contributed by atoms with Crippen LogP contribution in [0.2, 0.25) is 0 Å². The number of aromatic nitrogens is 6. The molecule has 0 unspecified atom stereocenters. The lowest BCUT2D eigenvalue weighted by atomic mass is 10.0. The summed E-state index contributed by atoms with van der Waals surface area (Å²) < 4.78 is 19.5. The maximum Gasteiger partial charge on any atom is 0.155 e. The van der Waals surface area contributed by atoms with Gasteiger partial charge in [-0.25, -0.2) is 9.37 Å². The van der Waals surface area contributed by atoms with Gasteiger partial charge >= 0.3 is 0 Å². The van der Waals surface area contributed by atoms with Crippen LogP contribution in [0.3, 0.4) is 0 Å². The zero-order valence-corrected chi connectivity index (χ0v) is 20.6. The standard InChI is InChI=1S/C28H24FN7O/c1-36(2)15-16-4-18(11-30-10-16)19-7-23-27(34-35-28(23)32-12-19)25-9-22-24(13-31-14-26(22)33-25)17-5-20(29)8-21(6-17)37-3/h4-14,33H,15H2,1-3H3,(H,32,34,35). The third-order valence-electron chi connectivity index (χ3n) is 6.26. The normalized spacial score (nSPS) is 11.6. The fourth-order valence-electron chi connectivity index (χ4n) is 4.61. The van der Waals surface area contributed by atoms with Crippen LogP contribution in [-0.2, 0) is 6.54 Å². The summed E-state index contributed by atoms with van der Waals surface area (Å²) in [5.74, 6) is 0.0759. The van der Waals surface area contributed by atoms with Crippen LogP contribution in [0.25, 0.3) is 55.6 Å². The second kappa shape index (κ2) is 9.11. The number of fused-ring (bicyclic) bond motifs is 2. The van der Waals surface area contributed by atoms with Gasteiger partial charge in [0.1, 0.15) is 17.3 Å². The summed E-state index contributed by atoms with van der Waals surface area (Å²) in [4.78, 5) is 18.9. The molecule has 37 heavy (non-hydrogen) atoms. The Morgan fingerprint density at radius 1 is 0.865 bits per heavy atom. The van der Waals surface area contributed by atoms with Gasteiger partial charge in [0, 0.05) is 64.9 Å². The molecule has 184 valence electrons. The first kappa shape index (κ1) is 22.8. The lowest BCUT2D eigenvalue weighted by Gasteiger charge is -2.10. The average Bonchev–Trinajstić information content (AvgIpc) is 3.51. The van der Waals surface area contributed by atoms with Gasteiger partial charge in [-0.2, -0.15) is 5.10 Å². The molecule has 9 heteroatoms. The molecular weight excluding hydrogens is 469 g/mol. The van der Waals surface area contributed by atoms with Crippen molar-refractivity contribution in [3.63, 3.8) is 0 Å². The Kier molecular flexibility index (Phi) is 5.61. The van der Waals surface area contributed by atoms with Crippen LogP contribution in [-0.4, -0.2) is 56.2 Å². The summed E-state index contributed by atoms with van der Waals surface area (Å²) in [7, 11) is 5.58. The number of pyridine rings is 3. The quantitative estimate of drug-likeness (QED) is 0.321. The minimum atomic E-state index is -0.372. The summed E-state index contributed by atoms with van der Waals surface area (Å²) in [5.41, 5.74) is 7.58. The van der Waals surface area contributed by atoms with Crippen LogP contribution in [0.5, 0.6) is 5.75 Å². The van der Waals surface area contributed by atoms with Crippen molar-refractivity contribution in [2.45, 2.75) is 6.54 Å². The van der Waals surface area contributed by atoms with Gasteiger partial charge in [-0.1, -0.05) is 0 Å². The Balaban J connectivity index is 1.45. The van der Waals surface area contributed by atoms with Gasteiger partial charge in [0.2, 0.25) is 0 Å². The van der Waals surface area contributed by atoms with E-state index in [1.54, 1.807) is 18.5 Å². The highest BCUT2D eigenvalue weighted by Crippen LogP contribution is 2.35. The van der Waals surface area contributed by atoms with Gasteiger partial charge in [-0.15, -0.1) is 0 Å². The number of ether oxygens (including phenoxy) is 1. The summed E-state index contributed by atoms with van der Waals surface area (Å²) >= 11 is 0. The molecule has 2 N–H and O–H groups in total. The lowest BCUT2D eigenvalue weighted by molar-refractivity contribution is 0.402. The van der Waals surface area contributed by atoms with Crippen molar-refractivity contribution in [1.82, 2.24) is 35.0 Å². The SMILES string of the molecule is COc1cc(F)cc(-c2cncc3[nH]c(-c4n[nH]c5ncc(-c6cncc(CN(C)C)c6)cc45)cc23)c1. The van der Waals surface area contributed by atoms with Crippen molar-refractivity contribution in [2.75, 3.05) is 21.2 Å². The van der Waals surface area contributed by atoms with Gasteiger partial charge < -0.3 is 14.6 Å². The van der Waals surface area contributed by atoms with Gasteiger partial charge in [-0.3, -0.25) is 15.1 Å². The zero-order valence-electron chi connectivity index (χ0n) is 20.6. The number of halogens is 1. The van der Waals surface area contributed by atoms with Crippen molar-refractivity contribution in [1.29, 1.82) is 0 Å². The van der Waals surface area contributed by atoms with E-state index in [0.717, 1.165) is 56.5 Å². The minimum Gasteiger partial charge on any atom is -0.497 e. The maximum atomic E-state index is 14.2. The number of hydrogen-bond acceptors (Lipinski definition) is 6. The van der Waals surface area contributed by atoms with Crippen molar-refractivity contribution in [3.05, 3.63) is 78.8 Å². The van der Waals surface area contributed by atoms with Crippen LogP contribution in [0.4, 0.5) is 4.39 Å². The Labute approximate surface area is 212 Å². The third kappa shape index (κ3) is 4.30. The van der Waals surface area contributed by atoms with E-state index in [9.17, 15) is 4.39 Å². The number of benzene rings is 1. The number of nitrogens with zero attached hydrogens (tertiary/aromatic N) is 5. The fourth-order valence-corrected chi connectivity index (χ4v) is 4.61. The summed E-state index contributed by atoms with van der Waals surface area (Å²) in [5, 5.41) is 9.37. The number of rotatable bonds is 6. The summed E-state index contributed by atoms with van der Waals surface area (Å²) in [6.07, 6.45) is 9.02. The fraction of sp³-hybridized carbons (Fsp3) is 0.143. The van der Waals surface area contributed by atoms with E-state index in [0.29, 0.717) is 17.0 Å². The average molecular weight is 494 g/mol. The molecule has 0 radical (unpaired) electrons. The first-order valence-corrected chi connectivity index (χ1v) is 11.7. The molecule has 0 fully saturated rings. The Hall–Kier alpha value is -4.63. The number of hydrogen-bond donors (Lipinski definition) is 2. The molecule has 0 aliphatic rings. The molecule has 1 aromatic carbocycles. The van der Waals surface area contributed by atoms with E-state index in [1.807, 2.05) is 38.8 Å². The Bertz CT molecular complexity index is 1760. The van der Waals surface area contributed by atoms with Crippen molar-refractivity contribution in [3.8, 4) is 39.4 Å². The van der Waals surface area contributed by atoms with E-state index < -0.39 is 0 Å². The highest BCUT2D eigenvalue weighted by Gasteiger charge is 2.16. The molecule has 6 rings (SSSR count). The number of nitrogens with one attached hydrogen (secondary N) is 2. The van der Waals surface area contributed by atoms with E-state index in [2.05, 4.69) is 47.2 Å². The highest BCUT2D eigenvalue weighted by molar-refractivity contribution is 6.00. The first-order valence-electron chi connectivity index (χ1n) is 11.7. The second-order valence-corrected chi connectivity index (χ2v) is 9.22. The van der Waals surface area contributed by atoms with E-state index in [1.165, 1.54) is 19.2 Å². The first-order chi connectivity index (χ1) is 18.0. The maximum absolute atomic E-state index is 14.2. The van der Waals surface area contributed by atoms with E-state index in [4.69, 9.17) is 4.74 Å². The molecule has 0 aliphatic carbocycles. The van der Waals surface area contributed by atoms with Gasteiger partial charge in [0.15, 0.2) is 5.65 Å². The zero-order chi connectivity index (χ0) is 25.5. The molecule has 0 saturated heterocycles. The van der Waals surface area contributed by atoms with Crippen LogP contribution in [0, 0.1) is 5.82 Å². The smallest absolute Gasteiger partial charge is 0.155 e. The lowest BCUT2D eigenvalue weighted by Crippen LogP contribution is -2.10. The van der Waals surface area contributed by atoms with Crippen LogP contribution in [0.15, 0.2) is 67.4 Å². The molecule has 5 aromatic heterocycles. The molecule has 0 saturated carbocycles.